The molecule has 5 heteroatoms. The minimum atomic E-state index is -0.700. The summed E-state index contributed by atoms with van der Waals surface area (Å²) in [6, 6.07) is 0. The average Bonchev–Trinajstić information content (AvgIpc) is 2.70. The number of rotatable bonds is 1. The smallest absolute Gasteiger partial charge is 0.200 e. The summed E-state index contributed by atoms with van der Waals surface area (Å²) in [6.45, 7) is 10.2. The van der Waals surface area contributed by atoms with E-state index in [1.807, 2.05) is 34.6 Å². The van der Waals surface area contributed by atoms with Gasteiger partial charge in [-0.25, -0.2) is 0 Å². The molecular weight excluding hydrogens is 236 g/mol. The van der Waals surface area contributed by atoms with Crippen molar-refractivity contribution in [2.24, 2.45) is 0 Å². The zero-order valence-electron chi connectivity index (χ0n) is 11.7. The molecule has 18 heavy (non-hydrogen) atoms. The molecule has 0 N–H and O–H groups in total. The summed E-state index contributed by atoms with van der Waals surface area (Å²) >= 11 is 0. The van der Waals surface area contributed by atoms with E-state index >= 15 is 0 Å². The van der Waals surface area contributed by atoms with Gasteiger partial charge in [0.1, 0.15) is 18.3 Å². The fourth-order valence-corrected chi connectivity index (χ4v) is 3.17. The Balaban J connectivity index is 1.90. The number of ether oxygens (including phenoxy) is 5. The van der Waals surface area contributed by atoms with Crippen LogP contribution in [0.5, 0.6) is 0 Å². The second-order valence-electron chi connectivity index (χ2n) is 6.16. The van der Waals surface area contributed by atoms with E-state index in [1.54, 1.807) is 0 Å². The molecule has 3 saturated heterocycles. The lowest BCUT2D eigenvalue weighted by Crippen LogP contribution is -2.58. The van der Waals surface area contributed by atoms with E-state index in [0.29, 0.717) is 6.61 Å². The first-order chi connectivity index (χ1) is 8.27. The number of hydrogen-bond acceptors (Lipinski definition) is 5. The van der Waals surface area contributed by atoms with Gasteiger partial charge in [0.2, 0.25) is 0 Å². The summed E-state index contributed by atoms with van der Waals surface area (Å²) in [5, 5.41) is 0. The molecule has 4 atom stereocenters. The monoisotopic (exact) mass is 258 g/mol. The Bertz CT molecular complexity index is 353. The van der Waals surface area contributed by atoms with Crippen LogP contribution < -0.4 is 0 Å². The van der Waals surface area contributed by atoms with E-state index in [9.17, 15) is 0 Å². The van der Waals surface area contributed by atoms with Crippen LogP contribution in [0.25, 0.3) is 0 Å². The van der Waals surface area contributed by atoms with Gasteiger partial charge >= 0.3 is 0 Å². The van der Waals surface area contributed by atoms with Crippen molar-refractivity contribution in [1.29, 1.82) is 0 Å². The van der Waals surface area contributed by atoms with Crippen LogP contribution in [-0.4, -0.2) is 42.3 Å². The lowest BCUT2D eigenvalue weighted by Gasteiger charge is -2.40. The topological polar surface area (TPSA) is 46.2 Å². The highest BCUT2D eigenvalue weighted by molar-refractivity contribution is 5.02. The number of hydrogen-bond donors (Lipinski definition) is 0. The molecule has 0 aromatic carbocycles. The van der Waals surface area contributed by atoms with Gasteiger partial charge in [-0.3, -0.25) is 0 Å². The second-order valence-corrected chi connectivity index (χ2v) is 6.16. The molecular formula is C13H22O5. The third-order valence-corrected chi connectivity index (χ3v) is 3.77. The van der Waals surface area contributed by atoms with Crippen molar-refractivity contribution in [2.45, 2.75) is 76.7 Å². The fourth-order valence-electron chi connectivity index (χ4n) is 3.17. The van der Waals surface area contributed by atoms with Gasteiger partial charge in [-0.05, 0) is 27.7 Å². The van der Waals surface area contributed by atoms with Gasteiger partial charge < -0.3 is 23.7 Å². The van der Waals surface area contributed by atoms with Crippen molar-refractivity contribution >= 4 is 0 Å². The van der Waals surface area contributed by atoms with Gasteiger partial charge in [-0.15, -0.1) is 0 Å². The van der Waals surface area contributed by atoms with Crippen molar-refractivity contribution in [2.75, 3.05) is 6.61 Å². The summed E-state index contributed by atoms with van der Waals surface area (Å²) in [5.41, 5.74) is 0. The molecule has 3 rings (SSSR count). The molecule has 0 spiro atoms. The maximum atomic E-state index is 6.00. The SMILES string of the molecule is CC[C@@]12OC[C@H]3OC(C)(C)OC3C1OC(C)(C)O2. The van der Waals surface area contributed by atoms with E-state index in [4.69, 9.17) is 23.7 Å². The largest absolute Gasteiger partial charge is 0.344 e. The first-order valence-electron chi connectivity index (χ1n) is 6.64. The molecule has 3 aliphatic rings. The Morgan fingerprint density at radius 2 is 1.72 bits per heavy atom. The number of fused-ring (bicyclic) bond motifs is 3. The minimum Gasteiger partial charge on any atom is -0.344 e. The van der Waals surface area contributed by atoms with E-state index in [1.165, 1.54) is 0 Å². The molecule has 0 radical (unpaired) electrons. The van der Waals surface area contributed by atoms with Crippen LogP contribution in [0, 0.1) is 0 Å². The fraction of sp³-hybridized carbons (Fsp3) is 1.00. The molecule has 3 fully saturated rings. The predicted octanol–water partition coefficient (Wildman–Crippen LogP) is 1.79. The van der Waals surface area contributed by atoms with E-state index in [0.717, 1.165) is 6.42 Å². The maximum absolute atomic E-state index is 6.00. The molecule has 104 valence electrons. The third-order valence-electron chi connectivity index (χ3n) is 3.77. The van der Waals surface area contributed by atoms with Crippen LogP contribution in [0.3, 0.4) is 0 Å². The summed E-state index contributed by atoms with van der Waals surface area (Å²) in [5.74, 6) is -1.93. The van der Waals surface area contributed by atoms with Gasteiger partial charge in [-0.1, -0.05) is 6.92 Å². The Labute approximate surface area is 108 Å². The standard InChI is InChI=1S/C13H22O5/c1-6-13-10(17-12(4,5)18-13)9-8(7-14-13)15-11(2,3)16-9/h8-10H,6-7H2,1-5H3/t8-,9?,10?,13+/m1/s1. The molecule has 0 bridgehead atoms. The van der Waals surface area contributed by atoms with E-state index < -0.39 is 17.4 Å². The first kappa shape index (κ1) is 12.8. The summed E-state index contributed by atoms with van der Waals surface area (Å²) in [7, 11) is 0. The third kappa shape index (κ3) is 1.80. The summed E-state index contributed by atoms with van der Waals surface area (Å²) in [6.07, 6.45) is 0.282. The normalized spacial score (nSPS) is 48.8. The van der Waals surface area contributed by atoms with Crippen molar-refractivity contribution < 1.29 is 23.7 Å². The van der Waals surface area contributed by atoms with Gasteiger partial charge in [0.25, 0.3) is 0 Å². The van der Waals surface area contributed by atoms with Crippen molar-refractivity contribution in [1.82, 2.24) is 0 Å². The Morgan fingerprint density at radius 3 is 2.39 bits per heavy atom. The molecule has 2 unspecified atom stereocenters. The Hall–Kier alpha value is -0.200. The molecule has 0 aliphatic carbocycles. The minimum absolute atomic E-state index is 0.0813. The molecule has 3 aliphatic heterocycles. The van der Waals surface area contributed by atoms with E-state index in [2.05, 4.69) is 0 Å². The molecule has 0 aromatic heterocycles. The van der Waals surface area contributed by atoms with Crippen molar-refractivity contribution in [3.63, 3.8) is 0 Å². The zero-order chi connectivity index (χ0) is 13.2. The molecule has 0 saturated carbocycles. The van der Waals surface area contributed by atoms with Gasteiger partial charge in [0, 0.05) is 6.42 Å². The molecule has 3 heterocycles. The average molecular weight is 258 g/mol. The molecule has 0 amide bonds. The lowest BCUT2D eigenvalue weighted by molar-refractivity contribution is -0.282. The van der Waals surface area contributed by atoms with Crippen LogP contribution in [0.2, 0.25) is 0 Å². The second kappa shape index (κ2) is 3.67. The Morgan fingerprint density at radius 1 is 1.00 bits per heavy atom. The van der Waals surface area contributed by atoms with Gasteiger partial charge in [0.05, 0.1) is 6.61 Å². The molecule has 0 aromatic rings. The van der Waals surface area contributed by atoms with Gasteiger partial charge in [0.15, 0.2) is 17.4 Å². The molecule has 5 nitrogen and oxygen atoms in total. The predicted molar refractivity (Wildman–Crippen MR) is 62.8 cm³/mol. The zero-order valence-corrected chi connectivity index (χ0v) is 11.7. The van der Waals surface area contributed by atoms with Crippen molar-refractivity contribution in [3.05, 3.63) is 0 Å². The van der Waals surface area contributed by atoms with Crippen LogP contribution >= 0.6 is 0 Å². The first-order valence-corrected chi connectivity index (χ1v) is 6.64. The highest BCUT2D eigenvalue weighted by Crippen LogP contribution is 2.48. The summed E-state index contributed by atoms with van der Waals surface area (Å²) in [4.78, 5) is 0. The maximum Gasteiger partial charge on any atom is 0.200 e. The quantitative estimate of drug-likeness (QED) is 0.717. The van der Waals surface area contributed by atoms with Crippen LogP contribution in [0.1, 0.15) is 41.0 Å². The summed E-state index contributed by atoms with van der Waals surface area (Å²) < 4.78 is 29.7. The van der Waals surface area contributed by atoms with Crippen LogP contribution in [0.15, 0.2) is 0 Å². The van der Waals surface area contributed by atoms with Gasteiger partial charge in [-0.2, -0.15) is 0 Å². The van der Waals surface area contributed by atoms with E-state index in [-0.39, 0.29) is 18.3 Å². The highest BCUT2D eigenvalue weighted by atomic mass is 16.9. The lowest BCUT2D eigenvalue weighted by atomic mass is 9.95. The highest BCUT2D eigenvalue weighted by Gasteiger charge is 2.64. The van der Waals surface area contributed by atoms with Crippen LogP contribution in [-0.2, 0) is 23.7 Å². The Kier molecular flexibility index (Phi) is 2.61. The van der Waals surface area contributed by atoms with Crippen LogP contribution in [0.4, 0.5) is 0 Å². The van der Waals surface area contributed by atoms with Crippen molar-refractivity contribution in [3.8, 4) is 0 Å².